The van der Waals surface area contributed by atoms with Crippen LogP contribution in [0.1, 0.15) is 153 Å². The van der Waals surface area contributed by atoms with Gasteiger partial charge >= 0.3 is 5.97 Å². The van der Waals surface area contributed by atoms with Crippen molar-refractivity contribution < 1.29 is 9.53 Å². The lowest BCUT2D eigenvalue weighted by Gasteiger charge is -2.42. The molecule has 0 spiro atoms. The van der Waals surface area contributed by atoms with E-state index in [9.17, 15) is 4.79 Å². The monoisotopic (exact) mass is 534 g/mol. The minimum Gasteiger partial charge on any atom is -0.465 e. The average Bonchev–Trinajstić information content (AvgIpc) is 2.78. The normalized spacial score (nSPS) is 14.2. The van der Waals surface area contributed by atoms with Crippen LogP contribution in [0.2, 0.25) is 0 Å². The minimum absolute atomic E-state index is 0.0370. The Hall–Kier alpha value is -1.09. The van der Waals surface area contributed by atoms with Crippen LogP contribution in [0.5, 0.6) is 0 Å². The van der Waals surface area contributed by atoms with Gasteiger partial charge < -0.3 is 4.74 Å². The maximum Gasteiger partial charge on any atom is 0.311 e. The van der Waals surface area contributed by atoms with Crippen LogP contribution in [0, 0.1) is 16.7 Å². The molecule has 0 fully saturated rings. The first-order valence-corrected chi connectivity index (χ1v) is 15.9. The molecule has 0 aromatic heterocycles. The van der Waals surface area contributed by atoms with Crippen molar-refractivity contribution in [1.29, 1.82) is 0 Å². The van der Waals surface area contributed by atoms with Gasteiger partial charge in [-0.1, -0.05) is 97.4 Å². The molecule has 1 atom stereocenters. The third-order valence-corrected chi connectivity index (χ3v) is 7.14. The topological polar surface area (TPSA) is 29.5 Å². The first-order chi connectivity index (χ1) is 17.7. The molecule has 3 heteroatoms. The van der Waals surface area contributed by atoms with E-state index in [1.165, 1.54) is 57.8 Å². The lowest BCUT2D eigenvalue weighted by molar-refractivity contribution is -0.155. The van der Waals surface area contributed by atoms with E-state index in [1.54, 1.807) is 0 Å². The largest absolute Gasteiger partial charge is 0.465 e. The Morgan fingerprint density at radius 2 is 1.29 bits per heavy atom. The number of unbranched alkanes of at least 4 members (excludes halogenated alkanes) is 9. The molecule has 0 aliphatic heterocycles. The van der Waals surface area contributed by atoms with Crippen LogP contribution in [0.15, 0.2) is 24.3 Å². The van der Waals surface area contributed by atoms with E-state index in [2.05, 4.69) is 98.4 Å². The van der Waals surface area contributed by atoms with E-state index in [-0.39, 0.29) is 16.9 Å². The number of carbonyl (C=O) groups excluding carboxylic acids is 1. The predicted molar refractivity (Wildman–Crippen MR) is 169 cm³/mol. The molecular weight excluding hydrogens is 466 g/mol. The second kappa shape index (κ2) is 19.9. The highest BCUT2D eigenvalue weighted by Crippen LogP contribution is 2.30. The Bertz CT molecular complexity index is 648. The van der Waals surface area contributed by atoms with Gasteiger partial charge in [-0.15, -0.1) is 0 Å². The Balaban J connectivity index is 4.02. The molecule has 38 heavy (non-hydrogen) atoms. The zero-order valence-electron chi connectivity index (χ0n) is 27.5. The fourth-order valence-electron chi connectivity index (χ4n) is 4.99. The number of rotatable bonds is 21. The van der Waals surface area contributed by atoms with E-state index < -0.39 is 5.41 Å². The molecule has 3 nitrogen and oxygen atoms in total. The maximum atomic E-state index is 12.8. The Labute approximate surface area is 239 Å². The van der Waals surface area contributed by atoms with Crippen LogP contribution in [0.25, 0.3) is 0 Å². The van der Waals surface area contributed by atoms with Crippen LogP contribution in [-0.2, 0) is 9.53 Å². The molecule has 0 N–H and O–H groups in total. The maximum absolute atomic E-state index is 12.8. The fourth-order valence-corrected chi connectivity index (χ4v) is 4.99. The molecule has 0 radical (unpaired) electrons. The Morgan fingerprint density at radius 3 is 1.82 bits per heavy atom. The van der Waals surface area contributed by atoms with Gasteiger partial charge in [0.2, 0.25) is 0 Å². The van der Waals surface area contributed by atoms with Crippen molar-refractivity contribution in [2.45, 2.75) is 158 Å². The van der Waals surface area contributed by atoms with Gasteiger partial charge in [0.15, 0.2) is 0 Å². The van der Waals surface area contributed by atoms with Crippen LogP contribution < -0.4 is 0 Å². The van der Waals surface area contributed by atoms with E-state index in [1.807, 2.05) is 0 Å². The number of hydrogen-bond acceptors (Lipinski definition) is 3. The van der Waals surface area contributed by atoms with Crippen LogP contribution in [0.4, 0.5) is 0 Å². The van der Waals surface area contributed by atoms with Crippen molar-refractivity contribution in [3.8, 4) is 0 Å². The third-order valence-electron chi connectivity index (χ3n) is 7.14. The van der Waals surface area contributed by atoms with Gasteiger partial charge in [0.25, 0.3) is 0 Å². The summed E-state index contributed by atoms with van der Waals surface area (Å²) in [6, 6.07) is 0. The van der Waals surface area contributed by atoms with Gasteiger partial charge in [0.05, 0.1) is 12.0 Å². The third kappa shape index (κ3) is 20.8. The highest BCUT2D eigenvalue weighted by Gasteiger charge is 2.33. The second-order valence-electron chi connectivity index (χ2n) is 14.5. The molecule has 0 saturated carbocycles. The molecule has 0 bridgehead atoms. The van der Waals surface area contributed by atoms with Gasteiger partial charge in [0, 0.05) is 18.6 Å². The van der Waals surface area contributed by atoms with Crippen LogP contribution in [-0.4, -0.2) is 36.1 Å². The van der Waals surface area contributed by atoms with Gasteiger partial charge in [0.1, 0.15) is 0 Å². The molecule has 0 aliphatic rings. The van der Waals surface area contributed by atoms with Gasteiger partial charge in [-0.05, 0) is 90.9 Å². The Morgan fingerprint density at radius 1 is 0.763 bits per heavy atom. The molecule has 0 saturated heterocycles. The first-order valence-electron chi connectivity index (χ1n) is 15.9. The quantitative estimate of drug-likeness (QED) is 0.0834. The number of esters is 1. The summed E-state index contributed by atoms with van der Waals surface area (Å²) in [5.74, 6) is 0.394. The zero-order chi connectivity index (χ0) is 29.1. The SMILES string of the molecule is CCCCC/C=C\C/C=C\CCCCCCCCOC(=O)C(C)(C)CC(C)CN(CC(C)(C)C)C(C)(C)C. The first kappa shape index (κ1) is 36.9. The standard InChI is InChI=1S/C35H67NO2/c1-11-12-13-14-15-16-17-18-19-20-21-22-23-24-25-26-27-38-32(37)35(9,10)28-31(2)29-36(34(6,7)8)30-33(3,4)5/h15-16,18-19,31H,11-14,17,20-30H2,1-10H3/b16-15-,19-18-. The number of nitrogens with zero attached hydrogens (tertiary/aromatic N) is 1. The number of hydrogen-bond donors (Lipinski definition) is 0. The summed E-state index contributed by atoms with van der Waals surface area (Å²) in [7, 11) is 0. The van der Waals surface area contributed by atoms with Crippen LogP contribution >= 0.6 is 0 Å². The lowest BCUT2D eigenvalue weighted by Crippen LogP contribution is -2.48. The van der Waals surface area contributed by atoms with Gasteiger partial charge in [-0.3, -0.25) is 9.69 Å². The van der Waals surface area contributed by atoms with Crippen molar-refractivity contribution >= 4 is 5.97 Å². The number of allylic oxidation sites excluding steroid dienone is 4. The van der Waals surface area contributed by atoms with Crippen molar-refractivity contribution in [3.63, 3.8) is 0 Å². The molecule has 0 rings (SSSR count). The molecule has 224 valence electrons. The molecule has 0 aliphatic carbocycles. The summed E-state index contributed by atoms with van der Waals surface area (Å²) in [6.07, 6.45) is 24.8. The average molecular weight is 534 g/mol. The summed E-state index contributed by atoms with van der Waals surface area (Å²) in [5.41, 5.74) is -0.0694. The highest BCUT2D eigenvalue weighted by atomic mass is 16.5. The summed E-state index contributed by atoms with van der Waals surface area (Å²) in [5, 5.41) is 0. The minimum atomic E-state index is -0.441. The van der Waals surface area contributed by atoms with Gasteiger partial charge in [-0.25, -0.2) is 0 Å². The van der Waals surface area contributed by atoms with Crippen LogP contribution in [0.3, 0.4) is 0 Å². The molecule has 0 aromatic rings. The molecule has 0 aromatic carbocycles. The fraction of sp³-hybridized carbons (Fsp3) is 0.857. The highest BCUT2D eigenvalue weighted by molar-refractivity contribution is 5.75. The van der Waals surface area contributed by atoms with E-state index in [0.29, 0.717) is 12.5 Å². The molecule has 0 heterocycles. The van der Waals surface area contributed by atoms with E-state index in [4.69, 9.17) is 4.74 Å². The molecular formula is C35H67NO2. The lowest BCUT2D eigenvalue weighted by atomic mass is 9.82. The number of ether oxygens (including phenoxy) is 1. The Kier molecular flexibility index (Phi) is 19.3. The van der Waals surface area contributed by atoms with E-state index >= 15 is 0 Å². The van der Waals surface area contributed by atoms with Crippen molar-refractivity contribution in [3.05, 3.63) is 24.3 Å². The van der Waals surface area contributed by atoms with E-state index in [0.717, 1.165) is 38.8 Å². The van der Waals surface area contributed by atoms with Crippen molar-refractivity contribution in [2.24, 2.45) is 16.7 Å². The smallest absolute Gasteiger partial charge is 0.311 e. The molecule has 1 unspecified atom stereocenters. The summed E-state index contributed by atoms with van der Waals surface area (Å²) in [6.45, 7) is 25.0. The summed E-state index contributed by atoms with van der Waals surface area (Å²) < 4.78 is 5.71. The second-order valence-corrected chi connectivity index (χ2v) is 14.5. The number of carbonyl (C=O) groups is 1. The summed E-state index contributed by atoms with van der Waals surface area (Å²) >= 11 is 0. The van der Waals surface area contributed by atoms with Gasteiger partial charge in [-0.2, -0.15) is 0 Å². The van der Waals surface area contributed by atoms with Crippen molar-refractivity contribution in [2.75, 3.05) is 19.7 Å². The zero-order valence-corrected chi connectivity index (χ0v) is 27.5. The van der Waals surface area contributed by atoms with Crippen molar-refractivity contribution in [1.82, 2.24) is 4.90 Å². The predicted octanol–water partition coefficient (Wildman–Crippen LogP) is 10.5. The summed E-state index contributed by atoms with van der Waals surface area (Å²) in [4.78, 5) is 15.4. The molecule has 0 amide bonds.